The Morgan fingerprint density at radius 3 is 2.13 bits per heavy atom. The summed E-state index contributed by atoms with van der Waals surface area (Å²) in [5.41, 5.74) is 2.10. The molecule has 2 atom stereocenters. The van der Waals surface area contributed by atoms with Crippen LogP contribution in [0, 0.1) is 5.92 Å². The van der Waals surface area contributed by atoms with Crippen molar-refractivity contribution < 1.29 is 19.4 Å². The van der Waals surface area contributed by atoms with Gasteiger partial charge in [-0.1, -0.05) is 81.1 Å². The van der Waals surface area contributed by atoms with Gasteiger partial charge in [-0.2, -0.15) is 0 Å². The van der Waals surface area contributed by atoms with Crippen LogP contribution < -0.4 is 10.6 Å². The van der Waals surface area contributed by atoms with Gasteiger partial charge in [0, 0.05) is 18.5 Å². The average Bonchev–Trinajstić information content (AvgIpc) is 2.75. The minimum Gasteiger partial charge on any atom is -0.445 e. The summed E-state index contributed by atoms with van der Waals surface area (Å²) < 4.78 is 5.24. The molecule has 30 heavy (non-hydrogen) atoms. The number of amides is 2. The van der Waals surface area contributed by atoms with E-state index in [2.05, 4.69) is 17.2 Å². The molecule has 3 N–H and O–H groups in total. The van der Waals surface area contributed by atoms with Crippen molar-refractivity contribution in [2.75, 3.05) is 0 Å². The second kappa shape index (κ2) is 11.8. The number of carbonyl (C=O) groups is 2. The van der Waals surface area contributed by atoms with E-state index in [1.165, 1.54) is 0 Å². The van der Waals surface area contributed by atoms with Gasteiger partial charge in [0.25, 0.3) is 0 Å². The molecule has 6 nitrogen and oxygen atoms in total. The van der Waals surface area contributed by atoms with E-state index >= 15 is 0 Å². The zero-order chi connectivity index (χ0) is 21.9. The van der Waals surface area contributed by atoms with Crippen molar-refractivity contribution >= 4 is 12.0 Å². The van der Waals surface area contributed by atoms with E-state index < -0.39 is 18.2 Å². The van der Waals surface area contributed by atoms with Crippen LogP contribution >= 0.6 is 0 Å². The molecule has 0 unspecified atom stereocenters. The number of hydrogen-bond donors (Lipinski definition) is 3. The first kappa shape index (κ1) is 23.2. The van der Waals surface area contributed by atoms with E-state index in [4.69, 9.17) is 4.74 Å². The van der Waals surface area contributed by atoms with Crippen molar-refractivity contribution in [3.63, 3.8) is 0 Å². The van der Waals surface area contributed by atoms with Crippen molar-refractivity contribution in [3.05, 3.63) is 83.9 Å². The third-order valence-corrected chi connectivity index (χ3v) is 4.70. The van der Waals surface area contributed by atoms with Crippen LogP contribution in [-0.4, -0.2) is 29.3 Å². The second-order valence-corrected chi connectivity index (χ2v) is 7.52. The van der Waals surface area contributed by atoms with Gasteiger partial charge in [-0.3, -0.25) is 4.79 Å². The Bertz CT molecular complexity index is 822. The van der Waals surface area contributed by atoms with Crippen molar-refractivity contribution in [2.45, 2.75) is 45.6 Å². The SMILES string of the molecule is C=C(C[C@H](O)[C@@H](NC(=O)OCc1ccccc1)C(C)C)C(=O)NCc1ccccc1. The molecule has 2 aromatic rings. The van der Waals surface area contributed by atoms with Crippen molar-refractivity contribution in [3.8, 4) is 0 Å². The Morgan fingerprint density at radius 1 is 1.00 bits per heavy atom. The van der Waals surface area contributed by atoms with E-state index in [1.54, 1.807) is 0 Å². The summed E-state index contributed by atoms with van der Waals surface area (Å²) in [4.78, 5) is 24.5. The van der Waals surface area contributed by atoms with Gasteiger partial charge >= 0.3 is 6.09 Å². The quantitative estimate of drug-likeness (QED) is 0.523. The Labute approximate surface area is 178 Å². The number of ether oxygens (including phenoxy) is 1. The van der Waals surface area contributed by atoms with Crippen molar-refractivity contribution in [2.24, 2.45) is 5.92 Å². The summed E-state index contributed by atoms with van der Waals surface area (Å²) >= 11 is 0. The summed E-state index contributed by atoms with van der Waals surface area (Å²) in [6.07, 6.45) is -1.54. The predicted molar refractivity (Wildman–Crippen MR) is 116 cm³/mol. The summed E-state index contributed by atoms with van der Waals surface area (Å²) in [6, 6.07) is 18.3. The first-order chi connectivity index (χ1) is 14.4. The minimum absolute atomic E-state index is 0.0441. The average molecular weight is 411 g/mol. The topological polar surface area (TPSA) is 87.7 Å². The number of alkyl carbamates (subject to hydrolysis) is 1. The molecule has 160 valence electrons. The largest absolute Gasteiger partial charge is 0.445 e. The maximum Gasteiger partial charge on any atom is 0.407 e. The Hall–Kier alpha value is -3.12. The Kier molecular flexibility index (Phi) is 9.09. The molecule has 0 radical (unpaired) electrons. The van der Waals surface area contributed by atoms with E-state index in [9.17, 15) is 14.7 Å². The molecule has 0 saturated carbocycles. The van der Waals surface area contributed by atoms with Crippen LogP contribution in [0.2, 0.25) is 0 Å². The van der Waals surface area contributed by atoms with Gasteiger partial charge in [0.15, 0.2) is 0 Å². The fraction of sp³-hybridized carbons (Fsp3) is 0.333. The van der Waals surface area contributed by atoms with E-state index in [0.29, 0.717) is 6.54 Å². The third kappa shape index (κ3) is 7.72. The lowest BCUT2D eigenvalue weighted by atomic mass is 9.94. The Balaban J connectivity index is 1.83. The van der Waals surface area contributed by atoms with Gasteiger partial charge < -0.3 is 20.5 Å². The summed E-state index contributed by atoms with van der Waals surface area (Å²) in [6.45, 7) is 8.07. The highest BCUT2D eigenvalue weighted by atomic mass is 16.5. The smallest absolute Gasteiger partial charge is 0.407 e. The maximum absolute atomic E-state index is 12.3. The monoisotopic (exact) mass is 410 g/mol. The second-order valence-electron chi connectivity index (χ2n) is 7.52. The zero-order valence-electron chi connectivity index (χ0n) is 17.5. The molecule has 2 aromatic carbocycles. The maximum atomic E-state index is 12.3. The molecular formula is C24H30N2O4. The zero-order valence-corrected chi connectivity index (χ0v) is 17.5. The van der Waals surface area contributed by atoms with Gasteiger partial charge in [0.1, 0.15) is 6.61 Å². The van der Waals surface area contributed by atoms with Gasteiger partial charge in [-0.25, -0.2) is 4.79 Å². The summed E-state index contributed by atoms with van der Waals surface area (Å²) in [5, 5.41) is 16.1. The predicted octanol–water partition coefficient (Wildman–Crippen LogP) is 3.56. The normalized spacial score (nSPS) is 12.7. The standard InChI is InChI=1S/C24H30N2O4/c1-17(2)22(26-24(29)30-16-20-12-8-5-9-13-20)21(27)14-18(3)23(28)25-15-19-10-6-4-7-11-19/h4-13,17,21-22,27H,3,14-16H2,1-2H3,(H,25,28)(H,26,29)/t21-,22-/m0/s1. The van der Waals surface area contributed by atoms with Crippen LogP contribution in [0.1, 0.15) is 31.4 Å². The van der Waals surface area contributed by atoms with Crippen LogP contribution in [0.5, 0.6) is 0 Å². The molecule has 0 aromatic heterocycles. The first-order valence-corrected chi connectivity index (χ1v) is 10.0. The number of hydrogen-bond acceptors (Lipinski definition) is 4. The van der Waals surface area contributed by atoms with Crippen LogP contribution in [0.15, 0.2) is 72.8 Å². The van der Waals surface area contributed by atoms with E-state index in [1.807, 2.05) is 74.5 Å². The summed E-state index contributed by atoms with van der Waals surface area (Å²) in [7, 11) is 0. The lowest BCUT2D eigenvalue weighted by Gasteiger charge is -2.27. The number of rotatable bonds is 10. The van der Waals surface area contributed by atoms with E-state index in [-0.39, 0.29) is 30.4 Å². The van der Waals surface area contributed by atoms with Crippen LogP contribution in [-0.2, 0) is 22.7 Å². The highest BCUT2D eigenvalue weighted by Crippen LogP contribution is 2.15. The molecule has 0 bridgehead atoms. The van der Waals surface area contributed by atoms with Crippen molar-refractivity contribution in [1.29, 1.82) is 0 Å². The number of aliphatic hydroxyl groups is 1. The molecule has 6 heteroatoms. The molecule has 0 aliphatic carbocycles. The molecule has 0 aliphatic heterocycles. The lowest BCUT2D eigenvalue weighted by Crippen LogP contribution is -2.47. The number of carbonyl (C=O) groups excluding carboxylic acids is 2. The third-order valence-electron chi connectivity index (χ3n) is 4.70. The van der Waals surface area contributed by atoms with Crippen LogP contribution in [0.25, 0.3) is 0 Å². The van der Waals surface area contributed by atoms with Gasteiger partial charge in [0.05, 0.1) is 12.1 Å². The Morgan fingerprint density at radius 2 is 1.57 bits per heavy atom. The van der Waals surface area contributed by atoms with E-state index in [0.717, 1.165) is 11.1 Å². The minimum atomic E-state index is -0.968. The van der Waals surface area contributed by atoms with Gasteiger partial charge in [0.2, 0.25) is 5.91 Å². The molecule has 0 aliphatic rings. The van der Waals surface area contributed by atoms with Crippen molar-refractivity contribution in [1.82, 2.24) is 10.6 Å². The molecular weight excluding hydrogens is 380 g/mol. The molecule has 2 rings (SSSR count). The number of nitrogens with one attached hydrogen (secondary N) is 2. The first-order valence-electron chi connectivity index (χ1n) is 10.0. The lowest BCUT2D eigenvalue weighted by molar-refractivity contribution is -0.118. The fourth-order valence-electron chi connectivity index (χ4n) is 2.98. The molecule has 2 amide bonds. The van der Waals surface area contributed by atoms with Crippen LogP contribution in [0.3, 0.4) is 0 Å². The molecule has 0 spiro atoms. The summed E-state index contributed by atoms with van der Waals surface area (Å²) in [5.74, 6) is -0.392. The van der Waals surface area contributed by atoms with Crippen LogP contribution in [0.4, 0.5) is 4.79 Å². The van der Waals surface area contributed by atoms with Gasteiger partial charge in [-0.15, -0.1) is 0 Å². The number of benzene rings is 2. The molecule has 0 saturated heterocycles. The fourth-order valence-corrected chi connectivity index (χ4v) is 2.98. The molecule has 0 heterocycles. The highest BCUT2D eigenvalue weighted by molar-refractivity contribution is 5.92. The highest BCUT2D eigenvalue weighted by Gasteiger charge is 2.27. The molecule has 0 fully saturated rings. The van der Waals surface area contributed by atoms with Gasteiger partial charge in [-0.05, 0) is 17.0 Å². The number of aliphatic hydroxyl groups excluding tert-OH is 1.